The van der Waals surface area contributed by atoms with Crippen LogP contribution in [0.3, 0.4) is 0 Å². The van der Waals surface area contributed by atoms with E-state index in [-0.39, 0.29) is 5.91 Å². The summed E-state index contributed by atoms with van der Waals surface area (Å²) in [4.78, 5) is 15.6. The maximum absolute atomic E-state index is 11.7. The molecule has 0 fully saturated rings. The van der Waals surface area contributed by atoms with Crippen LogP contribution in [-0.4, -0.2) is 31.2 Å². The van der Waals surface area contributed by atoms with Gasteiger partial charge in [0.15, 0.2) is 0 Å². The topological polar surface area (TPSA) is 51.2 Å². The highest BCUT2D eigenvalue weighted by molar-refractivity contribution is 6.33. The molecule has 1 rings (SSSR count). The summed E-state index contributed by atoms with van der Waals surface area (Å²) in [6.07, 6.45) is 6.02. The van der Waals surface area contributed by atoms with Gasteiger partial charge in [0, 0.05) is 32.7 Å². The van der Waals surface area contributed by atoms with Crippen molar-refractivity contribution in [1.29, 1.82) is 0 Å². The zero-order chi connectivity index (χ0) is 12.5. The van der Waals surface area contributed by atoms with E-state index in [1.165, 1.54) is 6.20 Å². The molecule has 1 heterocycles. The smallest absolute Gasteiger partial charge is 0.254 e. The van der Waals surface area contributed by atoms with Crippen LogP contribution in [0.1, 0.15) is 29.6 Å². The highest BCUT2D eigenvalue weighted by Gasteiger charge is 2.08. The monoisotopic (exact) mass is 256 g/mol. The summed E-state index contributed by atoms with van der Waals surface area (Å²) in [5.41, 5.74) is 0.422. The van der Waals surface area contributed by atoms with Crippen molar-refractivity contribution in [2.75, 3.05) is 20.3 Å². The van der Waals surface area contributed by atoms with Gasteiger partial charge in [-0.3, -0.25) is 9.78 Å². The summed E-state index contributed by atoms with van der Waals surface area (Å²) < 4.78 is 4.94. The maximum atomic E-state index is 11.7. The first-order chi connectivity index (χ1) is 8.25. The van der Waals surface area contributed by atoms with Gasteiger partial charge < -0.3 is 10.1 Å². The number of rotatable bonds is 7. The van der Waals surface area contributed by atoms with Crippen LogP contribution in [0.25, 0.3) is 0 Å². The van der Waals surface area contributed by atoms with Crippen LogP contribution in [0, 0.1) is 0 Å². The molecule has 0 radical (unpaired) electrons. The van der Waals surface area contributed by atoms with Gasteiger partial charge in [-0.25, -0.2) is 0 Å². The molecule has 5 heteroatoms. The largest absolute Gasteiger partial charge is 0.385 e. The molecule has 0 atom stereocenters. The van der Waals surface area contributed by atoms with Crippen molar-refractivity contribution < 1.29 is 9.53 Å². The predicted octanol–water partition coefficient (Wildman–Crippen LogP) is 2.28. The Bertz CT molecular complexity index is 358. The van der Waals surface area contributed by atoms with Crippen LogP contribution in [-0.2, 0) is 4.74 Å². The standard InChI is InChI=1S/C12H17ClN2O2/c1-17-8-4-2-3-6-15-12(16)10-9-14-7-5-11(10)13/h5,7,9H,2-4,6,8H2,1H3,(H,15,16). The first-order valence-electron chi connectivity index (χ1n) is 5.62. The molecule has 0 aliphatic carbocycles. The number of methoxy groups -OCH3 is 1. The van der Waals surface area contributed by atoms with E-state index < -0.39 is 0 Å². The Morgan fingerprint density at radius 2 is 2.29 bits per heavy atom. The Balaban J connectivity index is 2.24. The summed E-state index contributed by atoms with van der Waals surface area (Å²) in [6.45, 7) is 1.41. The average molecular weight is 257 g/mol. The molecule has 17 heavy (non-hydrogen) atoms. The molecule has 1 aromatic heterocycles. The lowest BCUT2D eigenvalue weighted by molar-refractivity contribution is 0.0952. The van der Waals surface area contributed by atoms with Crippen molar-refractivity contribution >= 4 is 17.5 Å². The van der Waals surface area contributed by atoms with Crippen molar-refractivity contribution in [1.82, 2.24) is 10.3 Å². The number of nitrogens with one attached hydrogen (secondary N) is 1. The van der Waals surface area contributed by atoms with Crippen molar-refractivity contribution in [2.24, 2.45) is 0 Å². The fourth-order valence-electron chi connectivity index (χ4n) is 1.39. The minimum absolute atomic E-state index is 0.171. The molecular formula is C12H17ClN2O2. The van der Waals surface area contributed by atoms with Gasteiger partial charge in [0.05, 0.1) is 10.6 Å². The zero-order valence-corrected chi connectivity index (χ0v) is 10.7. The second-order valence-electron chi connectivity index (χ2n) is 3.66. The molecule has 0 aliphatic heterocycles. The Kier molecular flexibility index (Phi) is 6.58. The SMILES string of the molecule is COCCCCCNC(=O)c1cnccc1Cl. The molecule has 1 aromatic rings. The molecule has 0 bridgehead atoms. The van der Waals surface area contributed by atoms with E-state index in [4.69, 9.17) is 16.3 Å². The summed E-state index contributed by atoms with van der Waals surface area (Å²) >= 11 is 5.88. The fourth-order valence-corrected chi connectivity index (χ4v) is 1.58. The van der Waals surface area contributed by atoms with Crippen LogP contribution < -0.4 is 5.32 Å². The fraction of sp³-hybridized carbons (Fsp3) is 0.500. The molecule has 0 saturated heterocycles. The number of carbonyl (C=O) groups is 1. The second kappa shape index (κ2) is 8.03. The Morgan fingerprint density at radius 1 is 1.47 bits per heavy atom. The van der Waals surface area contributed by atoms with E-state index in [1.807, 2.05) is 0 Å². The van der Waals surface area contributed by atoms with E-state index in [2.05, 4.69) is 10.3 Å². The molecule has 0 aliphatic rings. The molecule has 4 nitrogen and oxygen atoms in total. The van der Waals surface area contributed by atoms with Gasteiger partial charge in [-0.1, -0.05) is 11.6 Å². The molecular weight excluding hydrogens is 240 g/mol. The number of aromatic nitrogens is 1. The Hall–Kier alpha value is -1.13. The van der Waals surface area contributed by atoms with Gasteiger partial charge >= 0.3 is 0 Å². The number of pyridine rings is 1. The number of amides is 1. The van der Waals surface area contributed by atoms with E-state index in [1.54, 1.807) is 19.4 Å². The number of carbonyl (C=O) groups excluding carboxylic acids is 1. The van der Waals surface area contributed by atoms with Crippen LogP contribution in [0.15, 0.2) is 18.5 Å². The van der Waals surface area contributed by atoms with E-state index in [0.29, 0.717) is 17.1 Å². The van der Waals surface area contributed by atoms with Gasteiger partial charge in [0.25, 0.3) is 5.91 Å². The maximum Gasteiger partial charge on any atom is 0.254 e. The molecule has 0 spiro atoms. The van der Waals surface area contributed by atoms with Crippen LogP contribution in [0.5, 0.6) is 0 Å². The lowest BCUT2D eigenvalue weighted by Crippen LogP contribution is -2.24. The molecule has 0 aromatic carbocycles. The highest BCUT2D eigenvalue weighted by Crippen LogP contribution is 2.12. The number of hydrogen-bond donors (Lipinski definition) is 1. The van der Waals surface area contributed by atoms with Crippen molar-refractivity contribution in [3.63, 3.8) is 0 Å². The van der Waals surface area contributed by atoms with Crippen molar-refractivity contribution in [3.8, 4) is 0 Å². The van der Waals surface area contributed by atoms with Crippen LogP contribution in [0.4, 0.5) is 0 Å². The summed E-state index contributed by atoms with van der Waals surface area (Å²) in [6, 6.07) is 1.61. The minimum Gasteiger partial charge on any atom is -0.385 e. The molecule has 0 saturated carbocycles. The first kappa shape index (κ1) is 13.9. The highest BCUT2D eigenvalue weighted by atomic mass is 35.5. The normalized spacial score (nSPS) is 10.2. The van der Waals surface area contributed by atoms with Gasteiger partial charge in [0.2, 0.25) is 0 Å². The number of hydrogen-bond acceptors (Lipinski definition) is 3. The molecule has 1 amide bonds. The number of unbranched alkanes of at least 4 members (excludes halogenated alkanes) is 2. The minimum atomic E-state index is -0.171. The van der Waals surface area contributed by atoms with Gasteiger partial charge in [-0.05, 0) is 25.3 Å². The summed E-state index contributed by atoms with van der Waals surface area (Å²) in [5.74, 6) is -0.171. The third-order valence-electron chi connectivity index (χ3n) is 2.32. The summed E-state index contributed by atoms with van der Waals surface area (Å²) in [5, 5.41) is 3.24. The predicted molar refractivity (Wildman–Crippen MR) is 67.3 cm³/mol. The Morgan fingerprint density at radius 3 is 3.00 bits per heavy atom. The van der Waals surface area contributed by atoms with Gasteiger partial charge in [-0.15, -0.1) is 0 Å². The van der Waals surface area contributed by atoms with Crippen LogP contribution >= 0.6 is 11.6 Å². The Labute approximate surface area is 106 Å². The van der Waals surface area contributed by atoms with Crippen LogP contribution in [0.2, 0.25) is 5.02 Å². The van der Waals surface area contributed by atoms with E-state index >= 15 is 0 Å². The van der Waals surface area contributed by atoms with E-state index in [9.17, 15) is 4.79 Å². The van der Waals surface area contributed by atoms with Crippen molar-refractivity contribution in [2.45, 2.75) is 19.3 Å². The number of halogens is 1. The number of nitrogens with zero attached hydrogens (tertiary/aromatic N) is 1. The third kappa shape index (κ3) is 5.15. The first-order valence-corrected chi connectivity index (χ1v) is 6.00. The van der Waals surface area contributed by atoms with Gasteiger partial charge in [0.1, 0.15) is 0 Å². The van der Waals surface area contributed by atoms with E-state index in [0.717, 1.165) is 25.9 Å². The zero-order valence-electron chi connectivity index (χ0n) is 9.91. The summed E-state index contributed by atoms with van der Waals surface area (Å²) in [7, 11) is 1.69. The molecule has 1 N–H and O–H groups in total. The lowest BCUT2D eigenvalue weighted by atomic mass is 10.2. The lowest BCUT2D eigenvalue weighted by Gasteiger charge is -2.05. The quantitative estimate of drug-likeness (QED) is 0.762. The van der Waals surface area contributed by atoms with Crippen molar-refractivity contribution in [3.05, 3.63) is 29.0 Å². The molecule has 94 valence electrons. The second-order valence-corrected chi connectivity index (χ2v) is 4.07. The number of ether oxygens (including phenoxy) is 1. The average Bonchev–Trinajstić information content (AvgIpc) is 2.34. The van der Waals surface area contributed by atoms with Gasteiger partial charge in [-0.2, -0.15) is 0 Å². The molecule has 0 unspecified atom stereocenters. The third-order valence-corrected chi connectivity index (χ3v) is 2.65.